The van der Waals surface area contributed by atoms with E-state index in [0.29, 0.717) is 12.2 Å². The predicted molar refractivity (Wildman–Crippen MR) is 145 cm³/mol. The Morgan fingerprint density at radius 1 is 1.11 bits per heavy atom. The highest BCUT2D eigenvalue weighted by atomic mass is 32.2. The van der Waals surface area contributed by atoms with Crippen LogP contribution in [0.2, 0.25) is 0 Å². The van der Waals surface area contributed by atoms with Gasteiger partial charge in [0.2, 0.25) is 0 Å². The number of anilines is 2. The Morgan fingerprint density at radius 2 is 1.89 bits per heavy atom. The maximum absolute atomic E-state index is 8.61. The van der Waals surface area contributed by atoms with E-state index in [0.717, 1.165) is 12.1 Å². The smallest absolute Gasteiger partial charge is 0.158 e. The fourth-order valence-electron chi connectivity index (χ4n) is 3.89. The first-order valence-electron chi connectivity index (χ1n) is 11.9. The van der Waals surface area contributed by atoms with Gasteiger partial charge in [0.05, 0.1) is 29.8 Å². The summed E-state index contributed by atoms with van der Waals surface area (Å²) >= 11 is 1.87. The first kappa shape index (κ1) is 25.9. The molecule has 0 atom stereocenters. The topological polar surface area (TPSA) is 60.0 Å². The van der Waals surface area contributed by atoms with Crippen molar-refractivity contribution < 1.29 is 4.74 Å². The van der Waals surface area contributed by atoms with Crippen LogP contribution < -0.4 is 4.90 Å². The molecule has 0 aromatic heterocycles. The lowest BCUT2D eigenvalue weighted by molar-refractivity contribution is 0.284. The van der Waals surface area contributed by atoms with E-state index in [1.54, 1.807) is 12.2 Å². The highest BCUT2D eigenvalue weighted by Gasteiger charge is 2.22. The van der Waals surface area contributed by atoms with Crippen LogP contribution in [0, 0.1) is 28.6 Å². The first-order valence-corrected chi connectivity index (χ1v) is 12.7. The summed E-state index contributed by atoms with van der Waals surface area (Å²) in [5.41, 5.74) is 5.22. The normalized spacial score (nSPS) is 13.1. The molecule has 0 aliphatic carbocycles. The van der Waals surface area contributed by atoms with Crippen molar-refractivity contribution in [3.05, 3.63) is 90.7 Å². The summed E-state index contributed by atoms with van der Waals surface area (Å²) in [4.78, 5) is 5.18. The molecule has 5 heteroatoms. The molecule has 0 radical (unpaired) electrons. The molecule has 35 heavy (non-hydrogen) atoms. The number of nitriles is 2. The number of allylic oxidation sites excluding steroid dienone is 3. The third-order valence-corrected chi connectivity index (χ3v) is 6.95. The minimum absolute atomic E-state index is 0.467. The summed E-state index contributed by atoms with van der Waals surface area (Å²) in [5.74, 6) is -0.769. The number of fused-ring (bicyclic) bond motifs is 2. The number of hydrogen-bond donors (Lipinski definition) is 0. The van der Waals surface area contributed by atoms with Gasteiger partial charge in [-0.1, -0.05) is 75.4 Å². The third kappa shape index (κ3) is 6.69. The molecule has 0 amide bonds. The van der Waals surface area contributed by atoms with E-state index < -0.39 is 5.92 Å². The molecule has 0 bridgehead atoms. The molecule has 2 aliphatic heterocycles. The summed E-state index contributed by atoms with van der Waals surface area (Å²) in [6.45, 7) is 11.4. The zero-order valence-electron chi connectivity index (χ0n) is 20.2. The predicted octanol–water partition coefficient (Wildman–Crippen LogP) is 8.19. The van der Waals surface area contributed by atoms with Crippen LogP contribution in [0.5, 0.6) is 0 Å². The van der Waals surface area contributed by atoms with Crippen molar-refractivity contribution in [2.24, 2.45) is 5.92 Å². The molecule has 2 aliphatic rings. The van der Waals surface area contributed by atoms with Crippen LogP contribution in [0.15, 0.2) is 95.0 Å². The molecule has 178 valence electrons. The van der Waals surface area contributed by atoms with E-state index >= 15 is 0 Å². The van der Waals surface area contributed by atoms with Crippen LogP contribution >= 0.6 is 11.8 Å². The number of benzene rings is 2. The van der Waals surface area contributed by atoms with Crippen molar-refractivity contribution in [1.82, 2.24) is 0 Å². The van der Waals surface area contributed by atoms with Crippen molar-refractivity contribution in [1.29, 1.82) is 10.5 Å². The molecule has 0 saturated carbocycles. The van der Waals surface area contributed by atoms with Gasteiger partial charge in [-0.25, -0.2) is 0 Å². The fraction of sp³-hybridized carbons (Fsp3) is 0.267. The SMILES string of the molecule is C=C(C1=CCOC=C1)C(C#N)C#N.C=Cc1ccc2c(c1)Sc1ccccc1N2CCCCCC. The lowest BCUT2D eigenvalue weighted by atomic mass is 9.95. The van der Waals surface area contributed by atoms with Gasteiger partial charge in [0.1, 0.15) is 6.61 Å². The molecule has 4 rings (SSSR count). The van der Waals surface area contributed by atoms with Crippen LogP contribution in [0.25, 0.3) is 6.08 Å². The molecule has 2 aromatic carbocycles. The standard InChI is InChI=1S/C20H23NS.C10H8N2O/c1-3-5-6-9-14-21-17-10-7-8-11-19(17)22-20-15-16(4-2)12-13-18(20)21;1-8(10(6-11)7-12)9-2-4-13-5-3-9/h4,7-8,10-13,15H,2-3,5-6,9,14H2,1H3;2-4,10H,1,5H2. The van der Waals surface area contributed by atoms with Crippen LogP contribution in [0.3, 0.4) is 0 Å². The van der Waals surface area contributed by atoms with E-state index in [1.165, 1.54) is 58.7 Å². The van der Waals surface area contributed by atoms with Gasteiger partial charge in [-0.15, -0.1) is 0 Å². The van der Waals surface area contributed by atoms with E-state index in [4.69, 9.17) is 15.3 Å². The number of rotatable bonds is 8. The van der Waals surface area contributed by atoms with Crippen LogP contribution in [0.1, 0.15) is 38.2 Å². The molecular formula is C30H31N3OS. The Labute approximate surface area is 213 Å². The number of hydrogen-bond acceptors (Lipinski definition) is 5. The minimum atomic E-state index is -0.769. The zero-order chi connectivity index (χ0) is 25.0. The Morgan fingerprint density at radius 3 is 2.57 bits per heavy atom. The summed E-state index contributed by atoms with van der Waals surface area (Å²) in [6.07, 6.45) is 12.1. The van der Waals surface area contributed by atoms with Crippen molar-refractivity contribution >= 4 is 29.2 Å². The van der Waals surface area contributed by atoms with E-state index in [1.807, 2.05) is 30.0 Å². The molecule has 2 heterocycles. The number of ether oxygens (including phenoxy) is 1. The monoisotopic (exact) mass is 481 g/mol. The van der Waals surface area contributed by atoms with Gasteiger partial charge in [0.15, 0.2) is 5.92 Å². The highest BCUT2D eigenvalue weighted by molar-refractivity contribution is 7.99. The summed E-state index contributed by atoms with van der Waals surface area (Å²) in [7, 11) is 0. The van der Waals surface area contributed by atoms with Crippen LogP contribution in [-0.4, -0.2) is 13.2 Å². The van der Waals surface area contributed by atoms with E-state index in [9.17, 15) is 0 Å². The van der Waals surface area contributed by atoms with Gasteiger partial charge in [-0.05, 0) is 59.5 Å². The second kappa shape index (κ2) is 13.3. The second-order valence-electron chi connectivity index (χ2n) is 8.23. The molecule has 0 fully saturated rings. The van der Waals surface area contributed by atoms with E-state index in [2.05, 4.69) is 67.4 Å². The average molecular weight is 482 g/mol. The quantitative estimate of drug-likeness (QED) is 0.356. The Balaban J connectivity index is 0.000000225. The number of para-hydroxylation sites is 1. The Bertz CT molecular complexity index is 1180. The maximum Gasteiger partial charge on any atom is 0.158 e. The van der Waals surface area contributed by atoms with Crippen molar-refractivity contribution in [3.8, 4) is 12.1 Å². The van der Waals surface area contributed by atoms with Crippen LogP contribution in [-0.2, 0) is 4.74 Å². The first-order chi connectivity index (χ1) is 17.1. The Kier molecular flexibility index (Phi) is 9.84. The van der Waals surface area contributed by atoms with Gasteiger partial charge < -0.3 is 9.64 Å². The number of nitrogens with zero attached hydrogens (tertiary/aromatic N) is 3. The summed E-state index contributed by atoms with van der Waals surface area (Å²) in [6, 6.07) is 19.1. The minimum Gasteiger partial charge on any atom is -0.497 e. The zero-order valence-corrected chi connectivity index (χ0v) is 21.1. The van der Waals surface area contributed by atoms with E-state index in [-0.39, 0.29) is 0 Å². The largest absolute Gasteiger partial charge is 0.497 e. The van der Waals surface area contributed by atoms with Gasteiger partial charge in [-0.3, -0.25) is 0 Å². The Hall–Kier alpha value is -3.67. The van der Waals surface area contributed by atoms with Gasteiger partial charge >= 0.3 is 0 Å². The highest BCUT2D eigenvalue weighted by Crippen LogP contribution is 2.48. The van der Waals surface area contributed by atoms with Crippen molar-refractivity contribution in [3.63, 3.8) is 0 Å². The van der Waals surface area contributed by atoms with Crippen molar-refractivity contribution in [2.45, 2.75) is 42.4 Å². The molecule has 0 spiro atoms. The van der Waals surface area contributed by atoms with Crippen molar-refractivity contribution in [2.75, 3.05) is 18.1 Å². The molecule has 0 unspecified atom stereocenters. The van der Waals surface area contributed by atoms with Gasteiger partial charge in [0.25, 0.3) is 0 Å². The molecule has 0 N–H and O–H groups in total. The average Bonchev–Trinajstić information content (AvgIpc) is 2.91. The van der Waals surface area contributed by atoms with Gasteiger partial charge in [0, 0.05) is 16.3 Å². The fourth-order valence-corrected chi connectivity index (χ4v) is 5.03. The molecule has 0 saturated heterocycles. The summed E-state index contributed by atoms with van der Waals surface area (Å²) in [5, 5.41) is 17.2. The molecule has 2 aromatic rings. The van der Waals surface area contributed by atoms with Crippen LogP contribution in [0.4, 0.5) is 11.4 Å². The van der Waals surface area contributed by atoms with Gasteiger partial charge in [-0.2, -0.15) is 10.5 Å². The lowest BCUT2D eigenvalue weighted by Gasteiger charge is -2.33. The molecule has 4 nitrogen and oxygen atoms in total. The number of unbranched alkanes of at least 4 members (excludes halogenated alkanes) is 3. The maximum atomic E-state index is 8.61. The third-order valence-electron chi connectivity index (χ3n) is 5.84. The second-order valence-corrected chi connectivity index (χ2v) is 9.31. The summed E-state index contributed by atoms with van der Waals surface area (Å²) < 4.78 is 4.93. The lowest BCUT2D eigenvalue weighted by Crippen LogP contribution is -2.21. The molecular weight excluding hydrogens is 450 g/mol.